The fourth-order valence-electron chi connectivity index (χ4n) is 4.41. The van der Waals surface area contributed by atoms with Gasteiger partial charge in [-0.3, -0.25) is 0 Å². The highest BCUT2D eigenvalue weighted by molar-refractivity contribution is 8.00. The molecule has 5 N–H and O–H groups in total. The molecule has 1 aliphatic heterocycles. The molecule has 2 atom stereocenters. The monoisotopic (exact) mass is 578 g/mol. The third-order valence-corrected chi connectivity index (χ3v) is 8.05. The summed E-state index contributed by atoms with van der Waals surface area (Å²) in [7, 11) is 0. The first kappa shape index (κ1) is 33.4. The number of benzene rings is 2. The van der Waals surface area contributed by atoms with Crippen molar-refractivity contribution in [2.45, 2.75) is 89.5 Å². The number of halogens is 1. The molecule has 0 saturated carbocycles. The molecule has 6 nitrogen and oxygen atoms in total. The van der Waals surface area contributed by atoms with Crippen molar-refractivity contribution in [1.82, 2.24) is 0 Å². The summed E-state index contributed by atoms with van der Waals surface area (Å²) in [4.78, 5) is 3.63. The predicted molar refractivity (Wildman–Crippen MR) is 171 cm³/mol. The molecule has 0 spiro atoms. The number of thioether (sulfide) groups is 1. The van der Waals surface area contributed by atoms with Gasteiger partial charge >= 0.3 is 0 Å². The van der Waals surface area contributed by atoms with E-state index in [-0.39, 0.29) is 5.50 Å². The van der Waals surface area contributed by atoms with Gasteiger partial charge in [0, 0.05) is 36.3 Å². The lowest BCUT2D eigenvalue weighted by Crippen LogP contribution is -2.33. The fourth-order valence-corrected chi connectivity index (χ4v) is 5.44. The number of para-hydroxylation sites is 1. The summed E-state index contributed by atoms with van der Waals surface area (Å²) in [5.74, 6) is 1.47. The third-order valence-electron chi connectivity index (χ3n) is 6.74. The van der Waals surface area contributed by atoms with E-state index in [9.17, 15) is 0 Å². The Morgan fingerprint density at radius 1 is 1.00 bits per heavy atom. The van der Waals surface area contributed by atoms with Gasteiger partial charge < -0.3 is 31.2 Å². The van der Waals surface area contributed by atoms with Crippen molar-refractivity contribution in [2.75, 3.05) is 48.9 Å². The largest absolute Gasteiger partial charge is 0.491 e. The number of hydrogen-bond donors (Lipinski definition) is 3. The standard InChI is InChI=1S/C24H43ClN2O2.C7H8N2S/c1-5-9-11-15-28-16-13-27(19-20(8-4)12-10-6-2)23-17-21(25)22(26)18-24(23)29-14-7-3;8-7-9-5-3-1-2-4-6(5)10-7/h17-18,20H,5-16,19,26H2,1-4H3;1-4,7,9H,8H2. The molecule has 0 amide bonds. The Morgan fingerprint density at radius 2 is 1.77 bits per heavy atom. The lowest BCUT2D eigenvalue weighted by Gasteiger charge is -2.31. The van der Waals surface area contributed by atoms with Gasteiger partial charge in [-0.15, -0.1) is 0 Å². The molecule has 0 aromatic heterocycles. The predicted octanol–water partition coefficient (Wildman–Crippen LogP) is 8.39. The summed E-state index contributed by atoms with van der Waals surface area (Å²) in [5, 5.41) is 3.72. The smallest absolute Gasteiger partial charge is 0.144 e. The van der Waals surface area contributed by atoms with Gasteiger partial charge in [0.25, 0.3) is 0 Å². The minimum atomic E-state index is 0.0393. The number of nitrogens with two attached hydrogens (primary N) is 2. The van der Waals surface area contributed by atoms with Crippen LogP contribution in [0.4, 0.5) is 17.1 Å². The minimum absolute atomic E-state index is 0.0393. The van der Waals surface area contributed by atoms with Gasteiger partial charge in [0.05, 0.1) is 29.6 Å². The first-order chi connectivity index (χ1) is 18.9. The van der Waals surface area contributed by atoms with Crippen LogP contribution >= 0.6 is 23.4 Å². The molecule has 2 unspecified atom stereocenters. The van der Waals surface area contributed by atoms with E-state index in [0.29, 0.717) is 29.8 Å². The van der Waals surface area contributed by atoms with E-state index in [2.05, 4.69) is 44.0 Å². The summed E-state index contributed by atoms with van der Waals surface area (Å²) < 4.78 is 12.0. The summed E-state index contributed by atoms with van der Waals surface area (Å²) in [6.07, 6.45) is 9.43. The van der Waals surface area contributed by atoms with E-state index in [4.69, 9.17) is 32.5 Å². The lowest BCUT2D eigenvalue weighted by molar-refractivity contribution is 0.135. The highest BCUT2D eigenvalue weighted by Crippen LogP contribution is 2.37. The van der Waals surface area contributed by atoms with Crippen molar-refractivity contribution in [3.8, 4) is 5.75 Å². The molecule has 0 bridgehead atoms. The van der Waals surface area contributed by atoms with Crippen LogP contribution in [0.3, 0.4) is 0 Å². The second-order valence-electron chi connectivity index (χ2n) is 10.1. The molecular weight excluding hydrogens is 528 g/mol. The van der Waals surface area contributed by atoms with Gasteiger partial charge in [0.2, 0.25) is 0 Å². The van der Waals surface area contributed by atoms with Crippen LogP contribution in [0.2, 0.25) is 5.02 Å². The van der Waals surface area contributed by atoms with Crippen LogP contribution < -0.4 is 26.4 Å². The van der Waals surface area contributed by atoms with E-state index in [1.54, 1.807) is 11.8 Å². The Bertz CT molecular complexity index is 924. The van der Waals surface area contributed by atoms with Crippen LogP contribution in [0.1, 0.15) is 79.1 Å². The molecule has 0 radical (unpaired) electrons. The van der Waals surface area contributed by atoms with Crippen molar-refractivity contribution < 1.29 is 9.47 Å². The second-order valence-corrected chi connectivity index (χ2v) is 11.6. The number of ether oxygens (including phenoxy) is 2. The highest BCUT2D eigenvalue weighted by Gasteiger charge is 2.19. The van der Waals surface area contributed by atoms with E-state index in [1.165, 1.54) is 43.4 Å². The van der Waals surface area contributed by atoms with E-state index in [1.807, 2.05) is 30.3 Å². The molecule has 220 valence electrons. The molecule has 1 heterocycles. The maximum Gasteiger partial charge on any atom is 0.144 e. The van der Waals surface area contributed by atoms with Crippen LogP contribution in [-0.2, 0) is 4.74 Å². The normalized spacial score (nSPS) is 14.7. The number of hydrogen-bond acceptors (Lipinski definition) is 7. The van der Waals surface area contributed by atoms with Gasteiger partial charge in [-0.05, 0) is 43.4 Å². The highest BCUT2D eigenvalue weighted by atomic mass is 35.5. The van der Waals surface area contributed by atoms with E-state index in [0.717, 1.165) is 49.7 Å². The van der Waals surface area contributed by atoms with Crippen molar-refractivity contribution in [2.24, 2.45) is 11.7 Å². The molecule has 1 aliphatic rings. The van der Waals surface area contributed by atoms with Gasteiger partial charge in [-0.1, -0.05) is 95.3 Å². The van der Waals surface area contributed by atoms with E-state index >= 15 is 0 Å². The average molecular weight is 579 g/mol. The Balaban J connectivity index is 0.000000437. The second kappa shape index (κ2) is 19.3. The Morgan fingerprint density at radius 3 is 2.46 bits per heavy atom. The first-order valence-corrected chi connectivity index (χ1v) is 16.0. The molecule has 0 fully saturated rings. The topological polar surface area (TPSA) is 85.8 Å². The Hall–Kier alpha value is -1.80. The Kier molecular flexibility index (Phi) is 16.5. The minimum Gasteiger partial charge on any atom is -0.491 e. The fraction of sp³-hybridized carbons (Fsp3) is 0.613. The number of unbranched alkanes of at least 4 members (excludes halogenated alkanes) is 3. The van der Waals surface area contributed by atoms with Gasteiger partial charge in [0.1, 0.15) is 11.2 Å². The van der Waals surface area contributed by atoms with Gasteiger partial charge in [-0.25, -0.2) is 0 Å². The van der Waals surface area contributed by atoms with Gasteiger partial charge in [-0.2, -0.15) is 0 Å². The quantitative estimate of drug-likeness (QED) is 0.128. The molecule has 39 heavy (non-hydrogen) atoms. The van der Waals surface area contributed by atoms with Crippen LogP contribution in [-0.4, -0.2) is 38.4 Å². The summed E-state index contributed by atoms with van der Waals surface area (Å²) in [5.41, 5.74) is 14.5. The van der Waals surface area contributed by atoms with Gasteiger partial charge in [0.15, 0.2) is 0 Å². The summed E-state index contributed by atoms with van der Waals surface area (Å²) in [6.45, 7) is 12.9. The molecule has 2 aromatic carbocycles. The van der Waals surface area contributed by atoms with Crippen LogP contribution in [0.15, 0.2) is 41.3 Å². The molecular formula is C31H51ClN4O2S. The third kappa shape index (κ3) is 12.1. The van der Waals surface area contributed by atoms with Crippen molar-refractivity contribution in [1.29, 1.82) is 0 Å². The number of nitrogen functional groups attached to an aromatic ring is 1. The maximum absolute atomic E-state index is 6.40. The number of anilines is 3. The zero-order valence-electron chi connectivity index (χ0n) is 24.5. The maximum atomic E-state index is 6.40. The summed E-state index contributed by atoms with van der Waals surface area (Å²) >= 11 is 8.06. The molecule has 0 aliphatic carbocycles. The number of nitrogens with zero attached hydrogens (tertiary/aromatic N) is 1. The number of rotatable bonds is 17. The van der Waals surface area contributed by atoms with Crippen molar-refractivity contribution >= 4 is 40.4 Å². The first-order valence-electron chi connectivity index (χ1n) is 14.8. The molecule has 0 saturated heterocycles. The number of fused-ring (bicyclic) bond motifs is 1. The van der Waals surface area contributed by atoms with Crippen LogP contribution in [0.5, 0.6) is 5.75 Å². The lowest BCUT2D eigenvalue weighted by atomic mass is 9.98. The molecule has 3 rings (SSSR count). The van der Waals surface area contributed by atoms with Crippen LogP contribution in [0, 0.1) is 5.92 Å². The Labute approximate surface area is 246 Å². The zero-order chi connectivity index (χ0) is 28.5. The summed E-state index contributed by atoms with van der Waals surface area (Å²) in [6, 6.07) is 12.0. The number of nitrogens with one attached hydrogen (secondary N) is 1. The van der Waals surface area contributed by atoms with Crippen molar-refractivity contribution in [3.05, 3.63) is 41.4 Å². The van der Waals surface area contributed by atoms with Crippen molar-refractivity contribution in [3.63, 3.8) is 0 Å². The van der Waals surface area contributed by atoms with E-state index < -0.39 is 0 Å². The average Bonchev–Trinajstić information content (AvgIpc) is 3.32. The molecule has 8 heteroatoms. The van der Waals surface area contributed by atoms with Crippen LogP contribution in [0.25, 0.3) is 0 Å². The SMILES string of the molecule is CCCCCOCCN(CC(CC)CCCC)c1cc(Cl)c(N)cc1OCCC.NC1Nc2ccccc2S1. The zero-order valence-corrected chi connectivity index (χ0v) is 26.1. The molecule has 2 aromatic rings.